The molecule has 0 unspecified atom stereocenters. The zero-order valence-corrected chi connectivity index (χ0v) is 18.7. The second-order valence-corrected chi connectivity index (χ2v) is 8.99. The van der Waals surface area contributed by atoms with Crippen molar-refractivity contribution < 1.29 is 28.6 Å². The zero-order chi connectivity index (χ0) is 22.9. The van der Waals surface area contributed by atoms with Crippen molar-refractivity contribution in [1.82, 2.24) is 10.3 Å². The highest BCUT2D eigenvalue weighted by Crippen LogP contribution is 2.41. The van der Waals surface area contributed by atoms with Crippen LogP contribution in [0, 0.1) is 13.8 Å². The van der Waals surface area contributed by atoms with E-state index in [0.29, 0.717) is 48.5 Å². The van der Waals surface area contributed by atoms with Gasteiger partial charge in [-0.3, -0.25) is 9.59 Å². The van der Waals surface area contributed by atoms with Crippen LogP contribution in [0.2, 0.25) is 0 Å². The summed E-state index contributed by atoms with van der Waals surface area (Å²) in [7, 11) is 0. The molecule has 1 saturated heterocycles. The van der Waals surface area contributed by atoms with Crippen molar-refractivity contribution in [2.24, 2.45) is 5.73 Å². The van der Waals surface area contributed by atoms with Gasteiger partial charge in [-0.1, -0.05) is 0 Å². The Labute approximate surface area is 188 Å². The molecule has 32 heavy (non-hydrogen) atoms. The van der Waals surface area contributed by atoms with Crippen molar-refractivity contribution in [1.29, 1.82) is 0 Å². The Bertz CT molecular complexity index is 1150. The standard InChI is InChI=1S/C22H25N3O6S/c1-12-19(21(28)25-16(11-26)20(23)27)15-9-14(3-4-17(15)30-12)31-22(5-7-29-8-6-22)18-10-24-13(2)32-18/h3-4,9-10,16,26H,5-8,11H2,1-2H3,(H2,23,27)(H,25,28)/t16-/m0/s1. The lowest BCUT2D eigenvalue weighted by Gasteiger charge is -2.36. The van der Waals surface area contributed by atoms with E-state index in [4.69, 9.17) is 19.6 Å². The first-order chi connectivity index (χ1) is 15.3. The summed E-state index contributed by atoms with van der Waals surface area (Å²) in [6.45, 7) is 4.18. The van der Waals surface area contributed by atoms with Gasteiger partial charge in [0.1, 0.15) is 28.7 Å². The molecule has 1 fully saturated rings. The largest absolute Gasteiger partial charge is 0.481 e. The molecule has 3 heterocycles. The summed E-state index contributed by atoms with van der Waals surface area (Å²) in [4.78, 5) is 29.7. The van der Waals surface area contributed by atoms with E-state index in [2.05, 4.69) is 10.3 Å². The summed E-state index contributed by atoms with van der Waals surface area (Å²) >= 11 is 1.60. The maximum Gasteiger partial charge on any atom is 0.256 e. The molecule has 2 amide bonds. The van der Waals surface area contributed by atoms with Crippen LogP contribution >= 0.6 is 11.3 Å². The molecule has 4 rings (SSSR count). The van der Waals surface area contributed by atoms with Crippen molar-refractivity contribution in [2.75, 3.05) is 19.8 Å². The Balaban J connectivity index is 1.69. The summed E-state index contributed by atoms with van der Waals surface area (Å²) in [6.07, 6.45) is 3.21. The molecular weight excluding hydrogens is 434 g/mol. The van der Waals surface area contributed by atoms with E-state index in [1.54, 1.807) is 36.5 Å². The van der Waals surface area contributed by atoms with Crippen molar-refractivity contribution in [3.63, 3.8) is 0 Å². The SMILES string of the molecule is Cc1ncc(C2(Oc3ccc4oc(C)c(C(=O)N[C@@H](CO)C(N)=O)c4c3)CCOCC2)s1. The van der Waals surface area contributed by atoms with Crippen LogP contribution in [0.4, 0.5) is 0 Å². The molecule has 3 aromatic rings. The van der Waals surface area contributed by atoms with E-state index in [1.807, 2.05) is 13.1 Å². The molecule has 0 aliphatic carbocycles. The number of aliphatic hydroxyl groups is 1. The average molecular weight is 460 g/mol. The predicted octanol–water partition coefficient (Wildman–Crippen LogP) is 2.17. The van der Waals surface area contributed by atoms with Crippen LogP contribution in [0.1, 0.15) is 38.8 Å². The van der Waals surface area contributed by atoms with Crippen LogP contribution in [0.3, 0.4) is 0 Å². The van der Waals surface area contributed by atoms with Gasteiger partial charge in [0.15, 0.2) is 0 Å². The van der Waals surface area contributed by atoms with E-state index < -0.39 is 30.1 Å². The minimum Gasteiger partial charge on any atom is -0.481 e. The number of aryl methyl sites for hydroxylation is 2. The number of nitrogens with zero attached hydrogens (tertiary/aromatic N) is 1. The molecule has 4 N–H and O–H groups in total. The highest BCUT2D eigenvalue weighted by molar-refractivity contribution is 7.11. The fourth-order valence-electron chi connectivity index (χ4n) is 3.88. The Morgan fingerprint density at radius 3 is 2.72 bits per heavy atom. The zero-order valence-electron chi connectivity index (χ0n) is 17.8. The first-order valence-electron chi connectivity index (χ1n) is 10.3. The minimum absolute atomic E-state index is 0.264. The van der Waals surface area contributed by atoms with Gasteiger partial charge in [0, 0.05) is 24.4 Å². The highest BCUT2D eigenvalue weighted by Gasteiger charge is 2.39. The second-order valence-electron chi connectivity index (χ2n) is 7.75. The van der Waals surface area contributed by atoms with Gasteiger partial charge in [0.25, 0.3) is 5.91 Å². The molecule has 0 radical (unpaired) electrons. The third kappa shape index (κ3) is 4.21. The number of aliphatic hydroxyl groups excluding tert-OH is 1. The molecule has 0 bridgehead atoms. The Morgan fingerprint density at radius 1 is 1.34 bits per heavy atom. The number of nitrogens with one attached hydrogen (secondary N) is 1. The number of primary amides is 1. The minimum atomic E-state index is -1.19. The van der Waals surface area contributed by atoms with E-state index >= 15 is 0 Å². The number of amides is 2. The Morgan fingerprint density at radius 2 is 2.09 bits per heavy atom. The summed E-state index contributed by atoms with van der Waals surface area (Å²) in [6, 6.07) is 4.12. The van der Waals surface area contributed by atoms with Crippen LogP contribution in [0.5, 0.6) is 5.75 Å². The lowest BCUT2D eigenvalue weighted by molar-refractivity contribution is -0.120. The van der Waals surface area contributed by atoms with Crippen molar-refractivity contribution in [3.05, 3.63) is 45.6 Å². The topological polar surface area (TPSA) is 137 Å². The van der Waals surface area contributed by atoms with Crippen LogP contribution in [0.15, 0.2) is 28.8 Å². The van der Waals surface area contributed by atoms with Crippen molar-refractivity contribution in [3.8, 4) is 5.75 Å². The number of hydrogen-bond acceptors (Lipinski definition) is 8. The Kier molecular flexibility index (Phi) is 6.18. The summed E-state index contributed by atoms with van der Waals surface area (Å²) in [5.74, 6) is -0.421. The van der Waals surface area contributed by atoms with Crippen molar-refractivity contribution >= 4 is 34.1 Å². The number of ether oxygens (including phenoxy) is 2. The molecule has 1 aliphatic rings. The van der Waals surface area contributed by atoms with Gasteiger partial charge in [-0.15, -0.1) is 11.3 Å². The maximum atomic E-state index is 12.8. The van der Waals surface area contributed by atoms with Gasteiger partial charge in [-0.25, -0.2) is 4.98 Å². The molecule has 9 nitrogen and oxygen atoms in total. The summed E-state index contributed by atoms with van der Waals surface area (Å²) in [5, 5.41) is 13.3. The fourth-order valence-corrected chi connectivity index (χ4v) is 4.84. The van der Waals surface area contributed by atoms with Gasteiger partial charge in [-0.05, 0) is 32.0 Å². The molecule has 1 atom stereocenters. The van der Waals surface area contributed by atoms with E-state index in [-0.39, 0.29) is 5.56 Å². The number of carbonyl (C=O) groups excluding carboxylic acids is 2. The molecule has 170 valence electrons. The maximum absolute atomic E-state index is 12.8. The predicted molar refractivity (Wildman–Crippen MR) is 118 cm³/mol. The van der Waals surface area contributed by atoms with Crippen LogP contribution < -0.4 is 15.8 Å². The number of carbonyl (C=O) groups is 2. The molecule has 2 aromatic heterocycles. The number of rotatable bonds is 7. The number of benzene rings is 1. The van der Waals surface area contributed by atoms with Crippen molar-refractivity contribution in [2.45, 2.75) is 38.3 Å². The number of aromatic nitrogens is 1. The number of hydrogen-bond donors (Lipinski definition) is 3. The van der Waals surface area contributed by atoms with E-state index in [0.717, 1.165) is 9.88 Å². The number of nitrogens with two attached hydrogens (primary N) is 1. The normalized spacial score (nSPS) is 16.6. The average Bonchev–Trinajstić information content (AvgIpc) is 3.35. The van der Waals surface area contributed by atoms with Gasteiger partial charge >= 0.3 is 0 Å². The summed E-state index contributed by atoms with van der Waals surface area (Å²) < 4.78 is 17.8. The molecule has 1 aliphatic heterocycles. The van der Waals surface area contributed by atoms with E-state index in [1.165, 1.54) is 0 Å². The van der Waals surface area contributed by atoms with Gasteiger partial charge in [0.05, 0.1) is 35.3 Å². The first-order valence-corrected chi connectivity index (χ1v) is 11.1. The third-order valence-corrected chi connectivity index (χ3v) is 6.68. The monoisotopic (exact) mass is 459 g/mol. The van der Waals surface area contributed by atoms with Gasteiger partial charge in [-0.2, -0.15) is 0 Å². The van der Waals surface area contributed by atoms with Gasteiger partial charge in [0.2, 0.25) is 5.91 Å². The Hall–Kier alpha value is -2.95. The van der Waals surface area contributed by atoms with Crippen LogP contribution in [0.25, 0.3) is 11.0 Å². The molecule has 1 aromatic carbocycles. The number of fused-ring (bicyclic) bond motifs is 1. The summed E-state index contributed by atoms with van der Waals surface area (Å²) in [5.41, 5.74) is 5.44. The smallest absolute Gasteiger partial charge is 0.256 e. The molecular formula is C22H25N3O6S. The lowest BCUT2D eigenvalue weighted by Crippen LogP contribution is -2.46. The van der Waals surface area contributed by atoms with Crippen LogP contribution in [-0.4, -0.2) is 47.8 Å². The number of thiazole rings is 1. The molecule has 0 saturated carbocycles. The van der Waals surface area contributed by atoms with E-state index in [9.17, 15) is 14.7 Å². The lowest BCUT2D eigenvalue weighted by atomic mass is 9.92. The quantitative estimate of drug-likeness (QED) is 0.492. The van der Waals surface area contributed by atoms with Crippen LogP contribution in [-0.2, 0) is 15.1 Å². The molecule has 10 heteroatoms. The molecule has 0 spiro atoms. The first kappa shape index (κ1) is 22.3. The highest BCUT2D eigenvalue weighted by atomic mass is 32.1. The van der Waals surface area contributed by atoms with Gasteiger partial charge < -0.3 is 30.0 Å². The second kappa shape index (κ2) is 8.89. The third-order valence-electron chi connectivity index (χ3n) is 5.58. The number of furan rings is 1. The fraction of sp³-hybridized carbons (Fsp3) is 0.409.